The van der Waals surface area contributed by atoms with Crippen LogP contribution in [0.25, 0.3) is 0 Å². The van der Waals surface area contributed by atoms with E-state index in [1.165, 1.54) is 37.7 Å². The molecule has 0 saturated carbocycles. The molecule has 0 aliphatic carbocycles. The Morgan fingerprint density at radius 3 is 2.14 bits per heavy atom. The van der Waals surface area contributed by atoms with Gasteiger partial charge in [0.25, 0.3) is 0 Å². The summed E-state index contributed by atoms with van der Waals surface area (Å²) in [7, 11) is 0. The molecule has 29 heavy (non-hydrogen) atoms. The molecule has 0 fully saturated rings. The van der Waals surface area contributed by atoms with Gasteiger partial charge in [-0.3, -0.25) is 0 Å². The minimum absolute atomic E-state index is 0.0431. The van der Waals surface area contributed by atoms with Gasteiger partial charge in [0.15, 0.2) is 0 Å². The monoisotopic (exact) mass is 396 g/mol. The average Bonchev–Trinajstić information content (AvgIpc) is 2.75. The number of rotatable bonds is 13. The van der Waals surface area contributed by atoms with Crippen LogP contribution >= 0.6 is 0 Å². The summed E-state index contributed by atoms with van der Waals surface area (Å²) in [4.78, 5) is 12.4. The molecule has 0 saturated heterocycles. The zero-order valence-corrected chi connectivity index (χ0v) is 18.3. The quantitative estimate of drug-likeness (QED) is 0.202. The highest BCUT2D eigenvalue weighted by Gasteiger charge is 2.10. The van der Waals surface area contributed by atoms with Gasteiger partial charge in [0.05, 0.1) is 11.7 Å². The van der Waals surface area contributed by atoms with Crippen LogP contribution < -0.4 is 4.74 Å². The van der Waals surface area contributed by atoms with E-state index in [4.69, 9.17) is 9.47 Å². The standard InChI is InChI=1S/C26H36O3/c1-4-6-8-9-10-20-28-21(3)23-16-18-25(19-17-23)29-26(27)24-14-12-22(13-15-24)11-7-5-2/h12-19,21H,4-11,20H2,1-3H3. The maximum atomic E-state index is 12.4. The predicted molar refractivity (Wildman–Crippen MR) is 120 cm³/mol. The number of unbranched alkanes of at least 4 members (excludes halogenated alkanes) is 5. The van der Waals surface area contributed by atoms with Crippen molar-refractivity contribution >= 4 is 5.97 Å². The van der Waals surface area contributed by atoms with Gasteiger partial charge >= 0.3 is 5.97 Å². The maximum Gasteiger partial charge on any atom is 0.343 e. The van der Waals surface area contributed by atoms with Crippen LogP contribution in [0.3, 0.4) is 0 Å². The molecule has 3 nitrogen and oxygen atoms in total. The van der Waals surface area contributed by atoms with Gasteiger partial charge in [0, 0.05) is 6.61 Å². The molecule has 0 aliphatic heterocycles. The summed E-state index contributed by atoms with van der Waals surface area (Å²) < 4.78 is 11.4. The van der Waals surface area contributed by atoms with Crippen molar-refractivity contribution in [1.82, 2.24) is 0 Å². The second-order valence-electron chi connectivity index (χ2n) is 7.69. The Hall–Kier alpha value is -2.13. The highest BCUT2D eigenvalue weighted by molar-refractivity contribution is 5.91. The zero-order valence-electron chi connectivity index (χ0n) is 18.3. The van der Waals surface area contributed by atoms with Crippen LogP contribution in [0.4, 0.5) is 0 Å². The van der Waals surface area contributed by atoms with Gasteiger partial charge in [-0.2, -0.15) is 0 Å². The molecule has 0 radical (unpaired) electrons. The van der Waals surface area contributed by atoms with E-state index in [2.05, 4.69) is 20.8 Å². The summed E-state index contributed by atoms with van der Waals surface area (Å²) in [5.74, 6) is 0.233. The number of esters is 1. The van der Waals surface area contributed by atoms with Gasteiger partial charge in [-0.25, -0.2) is 4.79 Å². The topological polar surface area (TPSA) is 35.5 Å². The molecule has 1 atom stereocenters. The molecule has 3 heteroatoms. The lowest BCUT2D eigenvalue weighted by Gasteiger charge is -2.14. The number of ether oxygens (including phenoxy) is 2. The van der Waals surface area contributed by atoms with E-state index < -0.39 is 0 Å². The maximum absolute atomic E-state index is 12.4. The van der Waals surface area contributed by atoms with Crippen LogP contribution in [0.2, 0.25) is 0 Å². The van der Waals surface area contributed by atoms with Crippen molar-refractivity contribution < 1.29 is 14.3 Å². The summed E-state index contributed by atoms with van der Waals surface area (Å²) in [6, 6.07) is 15.3. The highest BCUT2D eigenvalue weighted by Crippen LogP contribution is 2.21. The van der Waals surface area contributed by atoms with E-state index in [9.17, 15) is 4.79 Å². The lowest BCUT2D eigenvalue weighted by molar-refractivity contribution is 0.0627. The van der Waals surface area contributed by atoms with Crippen molar-refractivity contribution in [1.29, 1.82) is 0 Å². The Morgan fingerprint density at radius 2 is 1.48 bits per heavy atom. The Kier molecular flexibility index (Phi) is 10.5. The summed E-state index contributed by atoms with van der Waals surface area (Å²) in [6.07, 6.45) is 9.62. The Labute approximate surface area is 176 Å². The Balaban J connectivity index is 1.79. The van der Waals surface area contributed by atoms with E-state index in [0.717, 1.165) is 31.4 Å². The molecule has 0 aliphatic rings. The van der Waals surface area contributed by atoms with E-state index in [1.54, 1.807) is 0 Å². The number of benzene rings is 2. The average molecular weight is 397 g/mol. The molecule has 0 heterocycles. The molecule has 0 spiro atoms. The van der Waals surface area contributed by atoms with Gasteiger partial charge < -0.3 is 9.47 Å². The Bertz CT molecular complexity index is 704. The third-order valence-corrected chi connectivity index (χ3v) is 5.18. The molecular weight excluding hydrogens is 360 g/mol. The number of hydrogen-bond donors (Lipinski definition) is 0. The summed E-state index contributed by atoms with van der Waals surface area (Å²) in [6.45, 7) is 7.26. The van der Waals surface area contributed by atoms with Gasteiger partial charge in [-0.05, 0) is 61.6 Å². The fourth-order valence-electron chi connectivity index (χ4n) is 3.22. The van der Waals surface area contributed by atoms with Crippen LogP contribution in [-0.2, 0) is 11.2 Å². The fraction of sp³-hybridized carbons (Fsp3) is 0.500. The van der Waals surface area contributed by atoms with Crippen molar-refractivity contribution in [2.75, 3.05) is 6.61 Å². The van der Waals surface area contributed by atoms with Gasteiger partial charge in [0.1, 0.15) is 5.75 Å². The minimum atomic E-state index is -0.323. The number of aryl methyl sites for hydroxylation is 1. The van der Waals surface area contributed by atoms with Gasteiger partial charge in [-0.1, -0.05) is 70.2 Å². The lowest BCUT2D eigenvalue weighted by atomic mass is 10.1. The molecule has 2 aromatic carbocycles. The number of carbonyl (C=O) groups is 1. The third kappa shape index (κ3) is 8.41. The van der Waals surface area contributed by atoms with Crippen molar-refractivity contribution in [2.45, 2.75) is 78.2 Å². The number of hydrogen-bond acceptors (Lipinski definition) is 3. The SMILES string of the molecule is CCCCCCCOC(C)c1ccc(OC(=O)c2ccc(CCCC)cc2)cc1. The first-order valence-electron chi connectivity index (χ1n) is 11.2. The molecular formula is C26H36O3. The van der Waals surface area contributed by atoms with Gasteiger partial charge in [0.2, 0.25) is 0 Å². The summed E-state index contributed by atoms with van der Waals surface area (Å²) >= 11 is 0. The normalized spacial score (nSPS) is 12.0. The van der Waals surface area contributed by atoms with Crippen LogP contribution in [0.5, 0.6) is 5.75 Å². The first-order valence-corrected chi connectivity index (χ1v) is 11.2. The first kappa shape index (κ1) is 23.2. The van der Waals surface area contributed by atoms with E-state index in [1.807, 2.05) is 48.5 Å². The molecule has 1 unspecified atom stereocenters. The minimum Gasteiger partial charge on any atom is -0.423 e. The zero-order chi connectivity index (χ0) is 20.9. The molecule has 0 amide bonds. The lowest BCUT2D eigenvalue weighted by Crippen LogP contribution is -2.08. The van der Waals surface area contributed by atoms with E-state index in [0.29, 0.717) is 11.3 Å². The molecule has 0 bridgehead atoms. The van der Waals surface area contributed by atoms with Crippen molar-refractivity contribution in [3.63, 3.8) is 0 Å². The summed E-state index contributed by atoms with van der Waals surface area (Å²) in [5, 5.41) is 0. The third-order valence-electron chi connectivity index (χ3n) is 5.18. The van der Waals surface area contributed by atoms with Crippen LogP contribution in [-0.4, -0.2) is 12.6 Å². The number of carbonyl (C=O) groups excluding carboxylic acids is 1. The molecule has 2 aromatic rings. The van der Waals surface area contributed by atoms with Crippen LogP contribution in [0.1, 0.15) is 93.3 Å². The molecule has 0 N–H and O–H groups in total. The second kappa shape index (κ2) is 13.2. The van der Waals surface area contributed by atoms with E-state index in [-0.39, 0.29) is 12.1 Å². The smallest absolute Gasteiger partial charge is 0.343 e. The largest absolute Gasteiger partial charge is 0.423 e. The second-order valence-corrected chi connectivity index (χ2v) is 7.69. The molecule has 0 aromatic heterocycles. The molecule has 158 valence electrons. The van der Waals surface area contributed by atoms with E-state index >= 15 is 0 Å². The van der Waals surface area contributed by atoms with Crippen LogP contribution in [0, 0.1) is 0 Å². The van der Waals surface area contributed by atoms with Crippen molar-refractivity contribution in [3.05, 3.63) is 65.2 Å². The molecule has 2 rings (SSSR count). The first-order chi connectivity index (χ1) is 14.1. The Morgan fingerprint density at radius 1 is 0.828 bits per heavy atom. The van der Waals surface area contributed by atoms with Crippen molar-refractivity contribution in [3.8, 4) is 5.75 Å². The van der Waals surface area contributed by atoms with Crippen molar-refractivity contribution in [2.24, 2.45) is 0 Å². The predicted octanol–water partition coefficient (Wildman–Crippen LogP) is 7.30. The fourth-order valence-corrected chi connectivity index (χ4v) is 3.22. The van der Waals surface area contributed by atoms with Gasteiger partial charge in [-0.15, -0.1) is 0 Å². The van der Waals surface area contributed by atoms with Crippen LogP contribution in [0.15, 0.2) is 48.5 Å². The summed E-state index contributed by atoms with van der Waals surface area (Å²) in [5.41, 5.74) is 2.93. The highest BCUT2D eigenvalue weighted by atomic mass is 16.5.